The monoisotopic (exact) mass is 226 g/mol. The Hall–Kier alpha value is -2.67. The fraction of sp³-hybridized carbons (Fsp3) is 0. The second kappa shape index (κ2) is 4.45. The molecule has 0 amide bonds. The van der Waals surface area contributed by atoms with E-state index in [1.807, 2.05) is 6.07 Å². The van der Waals surface area contributed by atoms with Gasteiger partial charge in [-0.05, 0) is 24.3 Å². The summed E-state index contributed by atoms with van der Waals surface area (Å²) >= 11 is 0. The van der Waals surface area contributed by atoms with Crippen molar-refractivity contribution in [2.75, 3.05) is 5.73 Å². The van der Waals surface area contributed by atoms with Crippen molar-refractivity contribution in [2.45, 2.75) is 0 Å². The molecule has 84 valence electrons. The third-order valence-corrected chi connectivity index (χ3v) is 2.13. The van der Waals surface area contributed by atoms with E-state index in [2.05, 4.69) is 0 Å². The molecule has 0 aromatic heterocycles. The third-order valence-electron chi connectivity index (χ3n) is 2.13. The summed E-state index contributed by atoms with van der Waals surface area (Å²) in [5, 5.41) is 18.0. The predicted octanol–water partition coefficient (Wildman–Crippen LogP) is 2.64. The van der Waals surface area contributed by atoms with Crippen molar-refractivity contribution >= 4 is 5.69 Å². The molecule has 0 atom stereocenters. The van der Waals surface area contributed by atoms with Crippen LogP contribution in [-0.4, -0.2) is 5.11 Å². The minimum absolute atomic E-state index is 0.0497. The lowest BCUT2D eigenvalue weighted by Gasteiger charge is -2.06. The molecule has 0 bridgehead atoms. The zero-order valence-electron chi connectivity index (χ0n) is 8.92. The number of benzene rings is 2. The smallest absolute Gasteiger partial charge is 0.133 e. The summed E-state index contributed by atoms with van der Waals surface area (Å²) in [5.41, 5.74) is 6.56. The van der Waals surface area contributed by atoms with Gasteiger partial charge in [0.15, 0.2) is 0 Å². The highest BCUT2D eigenvalue weighted by molar-refractivity contribution is 5.51. The van der Waals surface area contributed by atoms with Gasteiger partial charge in [0.2, 0.25) is 0 Å². The van der Waals surface area contributed by atoms with Crippen LogP contribution in [0.2, 0.25) is 0 Å². The highest BCUT2D eigenvalue weighted by Crippen LogP contribution is 2.27. The van der Waals surface area contributed by atoms with Gasteiger partial charge >= 0.3 is 0 Å². The van der Waals surface area contributed by atoms with E-state index in [0.29, 0.717) is 22.7 Å². The number of nitrogens with zero attached hydrogens (tertiary/aromatic N) is 1. The van der Waals surface area contributed by atoms with Crippen LogP contribution >= 0.6 is 0 Å². The van der Waals surface area contributed by atoms with E-state index in [1.165, 1.54) is 12.1 Å². The Morgan fingerprint density at radius 2 is 1.76 bits per heavy atom. The van der Waals surface area contributed by atoms with Crippen LogP contribution in [-0.2, 0) is 0 Å². The number of nitrogen functional groups attached to an aromatic ring is 1. The number of nitrogens with two attached hydrogens (primary N) is 1. The molecule has 0 spiro atoms. The van der Waals surface area contributed by atoms with Crippen LogP contribution in [0.25, 0.3) is 0 Å². The standard InChI is InChI=1S/C13H10N2O2/c14-8-9-1-3-12(4-2-9)17-13-6-10(15)5-11(16)7-13/h1-7,16H,15H2. The van der Waals surface area contributed by atoms with Crippen molar-refractivity contribution in [3.8, 4) is 23.3 Å². The Kier molecular flexibility index (Phi) is 2.84. The van der Waals surface area contributed by atoms with E-state index in [0.717, 1.165) is 0 Å². The molecule has 0 radical (unpaired) electrons. The number of phenols is 1. The maximum Gasteiger partial charge on any atom is 0.133 e. The van der Waals surface area contributed by atoms with Crippen LogP contribution in [0.5, 0.6) is 17.2 Å². The normalized spacial score (nSPS) is 9.59. The van der Waals surface area contributed by atoms with Gasteiger partial charge in [0, 0.05) is 23.9 Å². The Morgan fingerprint density at radius 1 is 1.06 bits per heavy atom. The summed E-state index contributed by atoms with van der Waals surface area (Å²) in [7, 11) is 0. The molecule has 0 saturated heterocycles. The molecule has 0 unspecified atom stereocenters. The molecule has 2 rings (SSSR count). The van der Waals surface area contributed by atoms with E-state index >= 15 is 0 Å². The first-order chi connectivity index (χ1) is 8.17. The largest absolute Gasteiger partial charge is 0.508 e. The van der Waals surface area contributed by atoms with Gasteiger partial charge in [-0.25, -0.2) is 0 Å². The van der Waals surface area contributed by atoms with Crippen molar-refractivity contribution in [3.63, 3.8) is 0 Å². The Balaban J connectivity index is 2.22. The van der Waals surface area contributed by atoms with Gasteiger partial charge < -0.3 is 15.6 Å². The number of hydrogen-bond acceptors (Lipinski definition) is 4. The van der Waals surface area contributed by atoms with Gasteiger partial charge in [-0.1, -0.05) is 0 Å². The number of aromatic hydroxyl groups is 1. The van der Waals surface area contributed by atoms with Crippen molar-refractivity contribution in [3.05, 3.63) is 48.0 Å². The van der Waals surface area contributed by atoms with Gasteiger partial charge in [-0.15, -0.1) is 0 Å². The van der Waals surface area contributed by atoms with Crippen molar-refractivity contribution in [2.24, 2.45) is 0 Å². The second-order valence-electron chi connectivity index (χ2n) is 3.50. The molecule has 3 N–H and O–H groups in total. The maximum atomic E-state index is 9.35. The van der Waals surface area contributed by atoms with Crippen LogP contribution in [0.15, 0.2) is 42.5 Å². The number of phenolic OH excluding ortho intramolecular Hbond substituents is 1. The molecular weight excluding hydrogens is 216 g/mol. The average molecular weight is 226 g/mol. The summed E-state index contributed by atoms with van der Waals surface area (Å²) in [6.07, 6.45) is 0. The fourth-order valence-corrected chi connectivity index (χ4v) is 1.40. The number of hydrogen-bond donors (Lipinski definition) is 2. The van der Waals surface area contributed by atoms with Gasteiger partial charge in [0.1, 0.15) is 17.2 Å². The van der Waals surface area contributed by atoms with Crippen molar-refractivity contribution < 1.29 is 9.84 Å². The van der Waals surface area contributed by atoms with Crippen LogP contribution in [0.3, 0.4) is 0 Å². The first-order valence-corrected chi connectivity index (χ1v) is 4.95. The number of anilines is 1. The van der Waals surface area contributed by atoms with E-state index in [1.54, 1.807) is 30.3 Å². The molecular formula is C13H10N2O2. The minimum Gasteiger partial charge on any atom is -0.508 e. The zero-order chi connectivity index (χ0) is 12.3. The average Bonchev–Trinajstić information content (AvgIpc) is 2.28. The first-order valence-electron chi connectivity index (χ1n) is 4.95. The minimum atomic E-state index is 0.0497. The summed E-state index contributed by atoms with van der Waals surface area (Å²) in [4.78, 5) is 0. The van der Waals surface area contributed by atoms with Crippen LogP contribution in [0.4, 0.5) is 5.69 Å². The Morgan fingerprint density at radius 3 is 2.35 bits per heavy atom. The number of ether oxygens (including phenoxy) is 1. The number of nitriles is 1. The Bertz CT molecular complexity index is 551. The van der Waals surface area contributed by atoms with E-state index in [-0.39, 0.29) is 5.75 Å². The molecule has 4 nitrogen and oxygen atoms in total. The quantitative estimate of drug-likeness (QED) is 0.771. The molecule has 17 heavy (non-hydrogen) atoms. The molecule has 0 heterocycles. The second-order valence-corrected chi connectivity index (χ2v) is 3.50. The van der Waals surface area contributed by atoms with Gasteiger partial charge in [0.25, 0.3) is 0 Å². The van der Waals surface area contributed by atoms with Crippen LogP contribution < -0.4 is 10.5 Å². The van der Waals surface area contributed by atoms with Gasteiger partial charge in [-0.2, -0.15) is 5.26 Å². The summed E-state index contributed by atoms with van der Waals surface area (Å²) in [6.45, 7) is 0. The Labute approximate surface area is 98.5 Å². The van der Waals surface area contributed by atoms with Crippen molar-refractivity contribution in [1.29, 1.82) is 5.26 Å². The van der Waals surface area contributed by atoms with Crippen LogP contribution in [0, 0.1) is 11.3 Å². The zero-order valence-corrected chi connectivity index (χ0v) is 8.92. The third kappa shape index (κ3) is 2.67. The SMILES string of the molecule is N#Cc1ccc(Oc2cc(N)cc(O)c2)cc1. The van der Waals surface area contributed by atoms with Crippen LogP contribution in [0.1, 0.15) is 5.56 Å². The predicted molar refractivity (Wildman–Crippen MR) is 63.8 cm³/mol. The molecule has 4 heteroatoms. The van der Waals surface area contributed by atoms with E-state index in [4.69, 9.17) is 15.7 Å². The van der Waals surface area contributed by atoms with Crippen molar-refractivity contribution in [1.82, 2.24) is 0 Å². The number of rotatable bonds is 2. The topological polar surface area (TPSA) is 79.3 Å². The van der Waals surface area contributed by atoms with E-state index < -0.39 is 0 Å². The lowest BCUT2D eigenvalue weighted by Crippen LogP contribution is -1.88. The molecule has 2 aromatic carbocycles. The lowest BCUT2D eigenvalue weighted by molar-refractivity contribution is 0.456. The summed E-state index contributed by atoms with van der Waals surface area (Å²) in [5.74, 6) is 1.08. The van der Waals surface area contributed by atoms with E-state index in [9.17, 15) is 5.11 Å². The highest BCUT2D eigenvalue weighted by atomic mass is 16.5. The molecule has 0 aliphatic carbocycles. The molecule has 2 aromatic rings. The molecule has 0 aliphatic rings. The van der Waals surface area contributed by atoms with Gasteiger partial charge in [0.05, 0.1) is 11.6 Å². The molecule has 0 saturated carbocycles. The fourth-order valence-electron chi connectivity index (χ4n) is 1.40. The molecule has 0 fully saturated rings. The summed E-state index contributed by atoms with van der Waals surface area (Å²) < 4.78 is 5.49. The molecule has 0 aliphatic heterocycles. The highest BCUT2D eigenvalue weighted by Gasteiger charge is 2.01. The maximum absolute atomic E-state index is 9.35. The lowest BCUT2D eigenvalue weighted by atomic mass is 10.2. The summed E-state index contributed by atoms with van der Waals surface area (Å²) in [6, 6.07) is 13.2. The van der Waals surface area contributed by atoms with Gasteiger partial charge in [-0.3, -0.25) is 0 Å². The first kappa shape index (κ1) is 10.8.